The van der Waals surface area contributed by atoms with E-state index in [1.165, 1.54) is 0 Å². The van der Waals surface area contributed by atoms with Gasteiger partial charge in [0.15, 0.2) is 0 Å². The molecule has 0 aromatic heterocycles. The Labute approximate surface area is 190 Å². The Morgan fingerprint density at radius 3 is 0.893 bits per heavy atom. The minimum Gasteiger partial charge on any atom is -0.642 e. The largest absolute Gasteiger partial charge is 3.00 e. The molecule has 0 spiro atoms. The van der Waals surface area contributed by atoms with Gasteiger partial charge in [-0.25, -0.2) is 0 Å². The van der Waals surface area contributed by atoms with Gasteiger partial charge in [0.05, 0.1) is 17.7 Å². The van der Waals surface area contributed by atoms with Gasteiger partial charge < -0.3 is 45.7 Å². The molecule has 0 aromatic rings. The fourth-order valence-corrected chi connectivity index (χ4v) is 2.23. The molecule has 3 N–H and O–H groups in total. The summed E-state index contributed by atoms with van der Waals surface area (Å²) in [5.41, 5.74) is 0. The van der Waals surface area contributed by atoms with Crippen LogP contribution in [0, 0.1) is 38.6 Å². The van der Waals surface area contributed by atoms with Gasteiger partial charge in [-0.15, -0.1) is 0 Å². The second-order valence-electron chi connectivity index (χ2n) is 5.75. The molecule has 12 nitrogen and oxygen atoms in total. The van der Waals surface area contributed by atoms with Crippen LogP contribution in [0.2, 0.25) is 0 Å². The molecule has 3 heterocycles. The molecule has 3 amide bonds. The van der Waals surface area contributed by atoms with Gasteiger partial charge in [-0.2, -0.15) is 0 Å². The molecule has 0 aromatic carbocycles. The number of nitrogens with zero attached hydrogens (tertiary/aromatic N) is 3. The van der Waals surface area contributed by atoms with Crippen molar-refractivity contribution in [1.29, 1.82) is 0 Å². The summed E-state index contributed by atoms with van der Waals surface area (Å²) in [7, 11) is 0. The van der Waals surface area contributed by atoms with Crippen molar-refractivity contribution in [2.75, 3.05) is 0 Å². The predicted molar refractivity (Wildman–Crippen MR) is 87.1 cm³/mol. The number of carbonyl (C=O) groups is 6. The second-order valence-corrected chi connectivity index (χ2v) is 5.75. The van der Waals surface area contributed by atoms with Gasteiger partial charge in [-0.05, 0) is 37.4 Å². The maximum atomic E-state index is 10.3. The summed E-state index contributed by atoms with van der Waals surface area (Å²) in [4.78, 5) is 61.3. The first-order chi connectivity index (χ1) is 12.6. The van der Waals surface area contributed by atoms with E-state index in [4.69, 9.17) is 15.3 Å². The topological polar surface area (TPSA) is 205 Å². The van der Waals surface area contributed by atoms with Crippen molar-refractivity contribution in [3.8, 4) is 0 Å². The number of hydrogen-bond donors (Lipinski definition) is 3. The Kier molecular flexibility index (Phi) is 11.7. The smallest absolute Gasteiger partial charge is 0.642 e. The Hall–Kier alpha value is -1.89. The Bertz CT molecular complexity index is 555. The molecule has 3 fully saturated rings. The predicted octanol–water partition coefficient (Wildman–Crippen LogP) is 0.401. The van der Waals surface area contributed by atoms with E-state index in [9.17, 15) is 28.8 Å². The molecule has 13 heteroatoms. The Balaban J connectivity index is 0.000000384. The third-order valence-electron chi connectivity index (χ3n) is 3.65. The molecule has 0 bridgehead atoms. The van der Waals surface area contributed by atoms with E-state index in [1.54, 1.807) is 0 Å². The fraction of sp³-hybridized carbons (Fsp3) is 0.600. The van der Waals surface area contributed by atoms with E-state index < -0.39 is 36.0 Å². The molecule has 3 saturated heterocycles. The molecule has 28 heavy (non-hydrogen) atoms. The van der Waals surface area contributed by atoms with Gasteiger partial charge >= 0.3 is 38.6 Å². The number of aliphatic carboxylic acids is 3. The molecule has 0 radical (unpaired) electrons. The quantitative estimate of drug-likeness (QED) is 0.450. The van der Waals surface area contributed by atoms with Gasteiger partial charge in [0.25, 0.3) is 17.9 Å². The van der Waals surface area contributed by atoms with Gasteiger partial charge in [0.2, 0.25) is 0 Å². The molecule has 3 rings (SSSR count). The monoisotopic (exact) mass is 543 g/mol. The number of hydrogen-bond acceptors (Lipinski definition) is 6. The maximum absolute atomic E-state index is 10.3. The fourth-order valence-electron chi connectivity index (χ4n) is 2.23. The van der Waals surface area contributed by atoms with E-state index in [-0.39, 0.29) is 75.6 Å². The maximum Gasteiger partial charge on any atom is 3.00 e. The standard InChI is InChI=1S/3C5H7NO3.Tb/c3*7-4-2-1-3(6-4)5(8)9;/h3*3H,1-2H2,(H2,6,7,8,9);/q;;;+3/p-3. The summed E-state index contributed by atoms with van der Waals surface area (Å²) < 4.78 is 0. The third kappa shape index (κ3) is 9.35. The van der Waals surface area contributed by atoms with Crippen LogP contribution in [-0.4, -0.2) is 69.1 Å². The van der Waals surface area contributed by atoms with E-state index in [0.717, 1.165) is 0 Å². The van der Waals surface area contributed by atoms with Crippen LogP contribution in [0.25, 0.3) is 16.0 Å². The van der Waals surface area contributed by atoms with Crippen molar-refractivity contribution in [2.24, 2.45) is 0 Å². The molecular formula is C15H18N3O9Tb. The first kappa shape index (κ1) is 26.1. The molecular weight excluding hydrogens is 525 g/mol. The minimum absolute atomic E-state index is 0. The van der Waals surface area contributed by atoms with Gasteiger partial charge in [0, 0.05) is 0 Å². The van der Waals surface area contributed by atoms with E-state index >= 15 is 0 Å². The average Bonchev–Trinajstić information content (AvgIpc) is 3.30. The van der Waals surface area contributed by atoms with Crippen molar-refractivity contribution in [2.45, 2.75) is 56.7 Å². The average molecular weight is 543 g/mol. The Morgan fingerprint density at radius 2 is 0.821 bits per heavy atom. The van der Waals surface area contributed by atoms with E-state index in [1.807, 2.05) is 0 Å². The molecule has 3 unspecified atom stereocenters. The third-order valence-corrected chi connectivity index (χ3v) is 3.65. The Morgan fingerprint density at radius 1 is 0.607 bits per heavy atom. The van der Waals surface area contributed by atoms with Crippen molar-refractivity contribution in [1.82, 2.24) is 0 Å². The van der Waals surface area contributed by atoms with Crippen molar-refractivity contribution < 1.29 is 82.7 Å². The van der Waals surface area contributed by atoms with Crippen LogP contribution < -0.4 is 0 Å². The second kappa shape index (κ2) is 12.5. The summed E-state index contributed by atoms with van der Waals surface area (Å²) in [6.07, 6.45) is 1.97. The molecule has 0 saturated carbocycles. The van der Waals surface area contributed by atoms with Crippen molar-refractivity contribution in [3.05, 3.63) is 16.0 Å². The zero-order valence-electron chi connectivity index (χ0n) is 14.4. The van der Waals surface area contributed by atoms with Gasteiger partial charge in [-0.1, -0.05) is 19.3 Å². The van der Waals surface area contributed by atoms with Crippen LogP contribution in [0.5, 0.6) is 0 Å². The summed E-state index contributed by atoms with van der Waals surface area (Å²) in [5.74, 6) is -3.87. The zero-order chi connectivity index (χ0) is 20.6. The molecule has 156 valence electrons. The molecule has 3 aliphatic rings. The van der Waals surface area contributed by atoms with Crippen LogP contribution in [-0.2, 0) is 28.8 Å². The minimum atomic E-state index is -0.999. The van der Waals surface area contributed by atoms with Crippen LogP contribution in [0.4, 0.5) is 0 Å². The van der Waals surface area contributed by atoms with Gasteiger partial charge in [-0.3, -0.25) is 14.4 Å². The first-order valence-electron chi connectivity index (χ1n) is 7.99. The summed E-state index contributed by atoms with van der Waals surface area (Å²) in [6.45, 7) is 0. The number of carbonyl (C=O) groups excluding carboxylic acids is 3. The summed E-state index contributed by atoms with van der Waals surface area (Å²) in [6, 6.07) is -2.30. The normalized spacial score (nSPS) is 24.9. The number of rotatable bonds is 3. The van der Waals surface area contributed by atoms with Crippen LogP contribution in [0.1, 0.15) is 38.5 Å². The van der Waals surface area contributed by atoms with Crippen molar-refractivity contribution >= 4 is 35.6 Å². The first-order valence-corrected chi connectivity index (χ1v) is 7.99. The van der Waals surface area contributed by atoms with Crippen LogP contribution in [0.15, 0.2) is 0 Å². The zero-order valence-corrected chi connectivity index (χ0v) is 16.6. The van der Waals surface area contributed by atoms with E-state index in [0.29, 0.717) is 19.3 Å². The summed E-state index contributed by atoms with van der Waals surface area (Å²) >= 11 is 0. The van der Waals surface area contributed by atoms with Crippen molar-refractivity contribution in [3.63, 3.8) is 0 Å². The molecule has 0 aliphatic carbocycles. The SMILES string of the molecule is O=C1CCC(C(=O)O)[N-]1.O=C1CCC(C(=O)O)[N-]1.O=C1CCC(C(=O)O)[N-]1.[Tb+3]. The molecule has 3 aliphatic heterocycles. The summed E-state index contributed by atoms with van der Waals surface area (Å²) in [5, 5.41) is 34.9. The number of amides is 3. The van der Waals surface area contributed by atoms with Crippen LogP contribution in [0.3, 0.4) is 0 Å². The molecule has 3 atom stereocenters. The number of carboxylic acids is 3. The number of carboxylic acid groups (broad SMARTS) is 3. The van der Waals surface area contributed by atoms with Crippen LogP contribution >= 0.6 is 0 Å². The van der Waals surface area contributed by atoms with Gasteiger partial charge in [0.1, 0.15) is 0 Å². The van der Waals surface area contributed by atoms with E-state index in [2.05, 4.69) is 16.0 Å².